The zero-order chi connectivity index (χ0) is 14.4. The largest absolute Gasteiger partial charge is 0.481 e. The first-order valence-corrected chi connectivity index (χ1v) is 7.93. The Morgan fingerprint density at radius 2 is 2.15 bits per heavy atom. The molecule has 0 amide bonds. The zero-order valence-electron chi connectivity index (χ0n) is 11.7. The summed E-state index contributed by atoms with van der Waals surface area (Å²) in [5.74, 6) is -0.181. The summed E-state index contributed by atoms with van der Waals surface area (Å²) in [4.78, 5) is 14.7. The second-order valence-corrected chi connectivity index (χ2v) is 6.01. The Morgan fingerprint density at radius 1 is 1.40 bits per heavy atom. The number of nitrogens with zero attached hydrogens (tertiary/aromatic N) is 1. The van der Waals surface area contributed by atoms with Gasteiger partial charge in [0.05, 0.1) is 19.1 Å². The number of hydrogen-bond acceptors (Lipinski definition) is 4. The summed E-state index contributed by atoms with van der Waals surface area (Å²) in [5, 5.41) is 9.22. The van der Waals surface area contributed by atoms with Crippen LogP contribution >= 0.6 is 11.8 Å². The third kappa shape index (κ3) is 3.98. The molecule has 1 heterocycles. The van der Waals surface area contributed by atoms with Gasteiger partial charge in [0, 0.05) is 23.2 Å². The van der Waals surface area contributed by atoms with Crippen LogP contribution in [0.4, 0.5) is 0 Å². The number of aliphatic carboxylic acids is 1. The number of carboxylic acids is 1. The number of benzene rings is 1. The number of ether oxygens (including phenoxy) is 1. The summed E-state index contributed by atoms with van der Waals surface area (Å²) < 4.78 is 5.35. The number of carbonyl (C=O) groups is 1. The smallest absolute Gasteiger partial charge is 0.310 e. The number of hydrogen-bond donors (Lipinski definition) is 1. The molecule has 4 nitrogen and oxygen atoms in total. The lowest BCUT2D eigenvalue weighted by Gasteiger charge is -2.28. The van der Waals surface area contributed by atoms with E-state index in [1.165, 1.54) is 4.90 Å². The summed E-state index contributed by atoms with van der Waals surface area (Å²) in [5.41, 5.74) is 0. The zero-order valence-corrected chi connectivity index (χ0v) is 12.5. The minimum Gasteiger partial charge on any atom is -0.481 e. The molecule has 0 aliphatic carbocycles. The monoisotopic (exact) mass is 295 g/mol. The second-order valence-electron chi connectivity index (χ2n) is 4.84. The van der Waals surface area contributed by atoms with Crippen molar-refractivity contribution in [2.24, 2.45) is 5.92 Å². The van der Waals surface area contributed by atoms with E-state index in [9.17, 15) is 9.90 Å². The van der Waals surface area contributed by atoms with Crippen molar-refractivity contribution in [3.05, 3.63) is 30.3 Å². The molecule has 1 aromatic carbocycles. The molecule has 0 bridgehead atoms. The van der Waals surface area contributed by atoms with E-state index in [4.69, 9.17) is 4.74 Å². The van der Waals surface area contributed by atoms with Gasteiger partial charge in [-0.25, -0.2) is 0 Å². The van der Waals surface area contributed by atoms with Crippen molar-refractivity contribution in [3.63, 3.8) is 0 Å². The van der Waals surface area contributed by atoms with E-state index in [-0.39, 0.29) is 6.04 Å². The summed E-state index contributed by atoms with van der Waals surface area (Å²) >= 11 is 1.80. The molecule has 2 atom stereocenters. The molecule has 5 heteroatoms. The summed E-state index contributed by atoms with van der Waals surface area (Å²) in [6.07, 6.45) is 0. The third-order valence-electron chi connectivity index (χ3n) is 3.63. The van der Waals surface area contributed by atoms with Crippen LogP contribution in [0.3, 0.4) is 0 Å². The van der Waals surface area contributed by atoms with Gasteiger partial charge >= 0.3 is 5.97 Å². The minimum absolute atomic E-state index is 0.00822. The van der Waals surface area contributed by atoms with Crippen molar-refractivity contribution in [1.82, 2.24) is 4.90 Å². The quantitative estimate of drug-likeness (QED) is 0.782. The highest BCUT2D eigenvalue weighted by Gasteiger charge is 2.37. The van der Waals surface area contributed by atoms with Crippen molar-refractivity contribution in [1.29, 1.82) is 0 Å². The van der Waals surface area contributed by atoms with Gasteiger partial charge in [0.1, 0.15) is 0 Å². The van der Waals surface area contributed by atoms with Crippen LogP contribution in [0.5, 0.6) is 0 Å². The topological polar surface area (TPSA) is 49.8 Å². The van der Waals surface area contributed by atoms with E-state index in [0.29, 0.717) is 13.2 Å². The summed E-state index contributed by atoms with van der Waals surface area (Å²) in [6.45, 7) is 4.68. The van der Waals surface area contributed by atoms with Gasteiger partial charge in [0.15, 0.2) is 0 Å². The molecule has 2 rings (SSSR count). The van der Waals surface area contributed by atoms with Crippen molar-refractivity contribution in [3.8, 4) is 0 Å². The molecule has 1 aliphatic rings. The SMILES string of the molecule is CCN(CCSc1ccccc1)C1COCC1C(=O)O. The molecule has 0 saturated carbocycles. The molecular formula is C15H21NO3S. The van der Waals surface area contributed by atoms with Crippen LogP contribution in [0.2, 0.25) is 0 Å². The van der Waals surface area contributed by atoms with Crippen LogP contribution in [0, 0.1) is 5.92 Å². The number of carboxylic acid groups (broad SMARTS) is 1. The van der Waals surface area contributed by atoms with Crippen molar-refractivity contribution >= 4 is 17.7 Å². The van der Waals surface area contributed by atoms with Crippen molar-refractivity contribution in [2.45, 2.75) is 17.9 Å². The molecule has 1 saturated heterocycles. The van der Waals surface area contributed by atoms with Crippen LogP contribution in [-0.2, 0) is 9.53 Å². The lowest BCUT2D eigenvalue weighted by Crippen LogP contribution is -2.44. The van der Waals surface area contributed by atoms with E-state index in [1.807, 2.05) is 18.2 Å². The van der Waals surface area contributed by atoms with Gasteiger partial charge in [0.25, 0.3) is 0 Å². The van der Waals surface area contributed by atoms with Crippen LogP contribution < -0.4 is 0 Å². The normalized spacial score (nSPS) is 22.3. The first-order chi connectivity index (χ1) is 9.72. The number of likely N-dealkylation sites (N-methyl/N-ethyl adjacent to an activating group) is 1. The Labute approximate surface area is 124 Å². The summed E-state index contributed by atoms with van der Waals surface area (Å²) in [7, 11) is 0. The Hall–Kier alpha value is -1.04. The molecule has 1 aliphatic heterocycles. The lowest BCUT2D eigenvalue weighted by atomic mass is 10.0. The molecule has 1 aromatic rings. The number of thioether (sulfide) groups is 1. The van der Waals surface area contributed by atoms with Crippen LogP contribution in [-0.4, -0.2) is 54.1 Å². The van der Waals surface area contributed by atoms with Crippen LogP contribution in [0.15, 0.2) is 35.2 Å². The Balaban J connectivity index is 1.84. The predicted octanol–water partition coefficient (Wildman–Crippen LogP) is 2.20. The highest BCUT2D eigenvalue weighted by atomic mass is 32.2. The maximum Gasteiger partial charge on any atom is 0.310 e. The first-order valence-electron chi connectivity index (χ1n) is 6.94. The first kappa shape index (κ1) is 15.4. The Kier molecular flexibility index (Phi) is 5.88. The van der Waals surface area contributed by atoms with Gasteiger partial charge in [-0.2, -0.15) is 0 Å². The lowest BCUT2D eigenvalue weighted by molar-refractivity contribution is -0.143. The van der Waals surface area contributed by atoms with E-state index in [2.05, 4.69) is 24.0 Å². The van der Waals surface area contributed by atoms with E-state index >= 15 is 0 Å². The fraction of sp³-hybridized carbons (Fsp3) is 0.533. The average molecular weight is 295 g/mol. The average Bonchev–Trinajstić information content (AvgIpc) is 2.94. The van der Waals surface area contributed by atoms with Gasteiger partial charge in [-0.15, -0.1) is 11.8 Å². The fourth-order valence-corrected chi connectivity index (χ4v) is 3.41. The molecule has 1 fully saturated rings. The fourth-order valence-electron chi connectivity index (χ4n) is 2.49. The molecule has 110 valence electrons. The van der Waals surface area contributed by atoms with Gasteiger partial charge in [-0.05, 0) is 18.7 Å². The van der Waals surface area contributed by atoms with E-state index < -0.39 is 11.9 Å². The molecule has 20 heavy (non-hydrogen) atoms. The Bertz CT molecular complexity index is 426. The summed E-state index contributed by atoms with van der Waals surface area (Å²) in [6, 6.07) is 10.3. The van der Waals surface area contributed by atoms with Crippen molar-refractivity contribution in [2.75, 3.05) is 32.1 Å². The van der Waals surface area contributed by atoms with Crippen LogP contribution in [0.25, 0.3) is 0 Å². The van der Waals surface area contributed by atoms with Gasteiger partial charge in [-0.1, -0.05) is 25.1 Å². The molecule has 2 unspecified atom stereocenters. The van der Waals surface area contributed by atoms with Crippen molar-refractivity contribution < 1.29 is 14.6 Å². The highest BCUT2D eigenvalue weighted by molar-refractivity contribution is 7.99. The van der Waals surface area contributed by atoms with Crippen LogP contribution in [0.1, 0.15) is 6.92 Å². The molecule has 0 radical (unpaired) electrons. The minimum atomic E-state index is -0.748. The Morgan fingerprint density at radius 3 is 2.80 bits per heavy atom. The molecule has 0 aromatic heterocycles. The second kappa shape index (κ2) is 7.67. The molecule has 0 spiro atoms. The number of rotatable bonds is 7. The van der Waals surface area contributed by atoms with E-state index in [1.54, 1.807) is 11.8 Å². The van der Waals surface area contributed by atoms with Gasteiger partial charge in [0.2, 0.25) is 0 Å². The molecular weight excluding hydrogens is 274 g/mol. The van der Waals surface area contributed by atoms with Gasteiger partial charge in [-0.3, -0.25) is 9.69 Å². The predicted molar refractivity (Wildman–Crippen MR) is 80.1 cm³/mol. The molecule has 1 N–H and O–H groups in total. The van der Waals surface area contributed by atoms with E-state index in [0.717, 1.165) is 18.8 Å². The highest BCUT2D eigenvalue weighted by Crippen LogP contribution is 2.22. The van der Waals surface area contributed by atoms with Gasteiger partial charge < -0.3 is 9.84 Å². The maximum atomic E-state index is 11.2. The maximum absolute atomic E-state index is 11.2. The standard InChI is InChI=1S/C15H21NO3S/c1-2-16(14-11-19-10-13(14)15(17)18)8-9-20-12-6-4-3-5-7-12/h3-7,13-14H,2,8-11H2,1H3,(H,17,18). The third-order valence-corrected chi connectivity index (χ3v) is 4.63.